The summed E-state index contributed by atoms with van der Waals surface area (Å²) in [6.45, 7) is -1.81. The molecule has 1 aromatic rings. The molecule has 0 spiro atoms. The summed E-state index contributed by atoms with van der Waals surface area (Å²) in [6.07, 6.45) is 3.08. The fraction of sp³-hybridized carbons (Fsp3) is 0.438. The standard InChI is InChI=1S/C16H16F2N2O4/c17-9-16(10-18)8-13(19-6-2-1-3-15(19)21)12-7-11(20(22)23)4-5-14(12)24-16/h4-5,7-8H,1-3,6,9-10H2. The summed E-state index contributed by atoms with van der Waals surface area (Å²) >= 11 is 0. The van der Waals surface area contributed by atoms with Gasteiger partial charge in [-0.1, -0.05) is 0 Å². The Morgan fingerprint density at radius 2 is 2.04 bits per heavy atom. The molecule has 24 heavy (non-hydrogen) atoms. The number of halogens is 2. The minimum atomic E-state index is -1.81. The Kier molecular flexibility index (Phi) is 4.21. The van der Waals surface area contributed by atoms with Crippen molar-refractivity contribution in [2.24, 2.45) is 0 Å². The van der Waals surface area contributed by atoms with Crippen LogP contribution in [0.3, 0.4) is 0 Å². The van der Waals surface area contributed by atoms with Crippen LogP contribution < -0.4 is 4.74 Å². The number of amides is 1. The highest BCUT2D eigenvalue weighted by Gasteiger charge is 2.39. The molecule has 6 nitrogen and oxygen atoms in total. The first-order chi connectivity index (χ1) is 11.5. The highest BCUT2D eigenvalue weighted by molar-refractivity contribution is 5.89. The van der Waals surface area contributed by atoms with Crippen molar-refractivity contribution in [3.63, 3.8) is 0 Å². The zero-order valence-corrected chi connectivity index (χ0v) is 12.8. The number of alkyl halides is 2. The Hall–Kier alpha value is -2.51. The van der Waals surface area contributed by atoms with E-state index < -0.39 is 23.9 Å². The Labute approximate surface area is 136 Å². The van der Waals surface area contributed by atoms with E-state index in [1.54, 1.807) is 0 Å². The van der Waals surface area contributed by atoms with Crippen molar-refractivity contribution >= 4 is 17.3 Å². The number of nitro groups is 1. The summed E-state index contributed by atoms with van der Waals surface area (Å²) < 4.78 is 32.3. The van der Waals surface area contributed by atoms with Gasteiger partial charge in [0.25, 0.3) is 5.69 Å². The molecule has 2 aliphatic rings. The molecule has 128 valence electrons. The van der Waals surface area contributed by atoms with Crippen LogP contribution in [-0.2, 0) is 4.79 Å². The van der Waals surface area contributed by atoms with Crippen molar-refractivity contribution in [1.82, 2.24) is 4.90 Å². The molecule has 1 amide bonds. The Morgan fingerprint density at radius 1 is 1.29 bits per heavy atom. The van der Waals surface area contributed by atoms with Crippen LogP contribution in [0, 0.1) is 10.1 Å². The third kappa shape index (κ3) is 2.72. The quantitative estimate of drug-likeness (QED) is 0.625. The van der Waals surface area contributed by atoms with Crippen LogP contribution >= 0.6 is 0 Å². The molecule has 1 saturated heterocycles. The van der Waals surface area contributed by atoms with E-state index >= 15 is 0 Å². The van der Waals surface area contributed by atoms with Crippen molar-refractivity contribution in [3.05, 3.63) is 40.0 Å². The number of fused-ring (bicyclic) bond motifs is 1. The van der Waals surface area contributed by atoms with Gasteiger partial charge < -0.3 is 9.64 Å². The number of nitrogens with zero attached hydrogens (tertiary/aromatic N) is 2. The van der Waals surface area contributed by atoms with Crippen molar-refractivity contribution < 1.29 is 23.2 Å². The van der Waals surface area contributed by atoms with Crippen molar-refractivity contribution in [2.75, 3.05) is 19.9 Å². The van der Waals surface area contributed by atoms with E-state index in [4.69, 9.17) is 4.74 Å². The number of hydrogen-bond donors (Lipinski definition) is 0. The van der Waals surface area contributed by atoms with Gasteiger partial charge in [-0.05, 0) is 25.0 Å². The molecule has 1 aromatic carbocycles. The smallest absolute Gasteiger partial charge is 0.270 e. The van der Waals surface area contributed by atoms with Gasteiger partial charge in [0, 0.05) is 30.7 Å². The SMILES string of the molecule is O=C1CCCCN1C1=CC(CF)(CF)Oc2ccc([N+](=O)[O-])cc21. The highest BCUT2D eigenvalue weighted by Crippen LogP contribution is 2.41. The average molecular weight is 338 g/mol. The van der Waals surface area contributed by atoms with Crippen LogP contribution in [0.2, 0.25) is 0 Å². The third-order valence-corrected chi connectivity index (χ3v) is 4.23. The van der Waals surface area contributed by atoms with Gasteiger partial charge in [-0.25, -0.2) is 8.78 Å². The fourth-order valence-corrected chi connectivity index (χ4v) is 2.95. The molecule has 1 fully saturated rings. The zero-order chi connectivity index (χ0) is 17.3. The van der Waals surface area contributed by atoms with Crippen LogP contribution in [0.1, 0.15) is 24.8 Å². The van der Waals surface area contributed by atoms with E-state index in [-0.39, 0.29) is 23.0 Å². The molecule has 8 heteroatoms. The van der Waals surface area contributed by atoms with Crippen LogP contribution in [0.4, 0.5) is 14.5 Å². The summed E-state index contributed by atoms with van der Waals surface area (Å²) in [5.74, 6) is -0.0368. The van der Waals surface area contributed by atoms with E-state index in [0.29, 0.717) is 18.5 Å². The third-order valence-electron chi connectivity index (χ3n) is 4.23. The van der Waals surface area contributed by atoms with Gasteiger partial charge in [0.1, 0.15) is 19.1 Å². The molecule has 0 atom stereocenters. The van der Waals surface area contributed by atoms with Crippen LogP contribution in [0.5, 0.6) is 5.75 Å². The molecule has 0 radical (unpaired) electrons. The van der Waals surface area contributed by atoms with Crippen molar-refractivity contribution in [2.45, 2.75) is 24.9 Å². The molecule has 2 heterocycles. The molecular weight excluding hydrogens is 322 g/mol. The minimum absolute atomic E-state index is 0.131. The largest absolute Gasteiger partial charge is 0.477 e. The monoisotopic (exact) mass is 338 g/mol. The van der Waals surface area contributed by atoms with Gasteiger partial charge >= 0.3 is 0 Å². The molecule has 0 N–H and O–H groups in total. The van der Waals surface area contributed by atoms with E-state index in [9.17, 15) is 23.7 Å². The van der Waals surface area contributed by atoms with Gasteiger partial charge in [-0.15, -0.1) is 0 Å². The van der Waals surface area contributed by atoms with Crippen molar-refractivity contribution in [3.8, 4) is 5.75 Å². The van der Waals surface area contributed by atoms with Crippen LogP contribution in [-0.4, -0.2) is 41.2 Å². The number of nitro benzene ring substituents is 1. The van der Waals surface area contributed by atoms with Crippen LogP contribution in [0.15, 0.2) is 24.3 Å². The van der Waals surface area contributed by atoms with E-state index in [2.05, 4.69) is 0 Å². The number of hydrogen-bond acceptors (Lipinski definition) is 4. The predicted octanol–water partition coefficient (Wildman–Crippen LogP) is 3.02. The Bertz CT molecular complexity index is 716. The summed E-state index contributed by atoms with van der Waals surface area (Å²) in [5.41, 5.74) is -1.41. The number of rotatable bonds is 4. The summed E-state index contributed by atoms with van der Waals surface area (Å²) in [4.78, 5) is 24.1. The number of carbonyl (C=O) groups is 1. The average Bonchev–Trinajstić information content (AvgIpc) is 2.60. The van der Waals surface area contributed by atoms with E-state index in [1.807, 2.05) is 0 Å². The molecule has 0 aliphatic carbocycles. The lowest BCUT2D eigenvalue weighted by molar-refractivity contribution is -0.384. The number of non-ortho nitro benzene ring substituents is 1. The molecule has 2 aliphatic heterocycles. The second-order valence-corrected chi connectivity index (χ2v) is 5.90. The van der Waals surface area contributed by atoms with Gasteiger partial charge in [0.15, 0.2) is 5.60 Å². The number of benzene rings is 1. The second kappa shape index (κ2) is 6.18. The molecule has 0 aromatic heterocycles. The summed E-state index contributed by atoms with van der Waals surface area (Å²) in [7, 11) is 0. The van der Waals surface area contributed by atoms with Gasteiger partial charge in [-0.3, -0.25) is 14.9 Å². The molecule has 0 bridgehead atoms. The summed E-state index contributed by atoms with van der Waals surface area (Å²) in [6, 6.07) is 3.79. The normalized spacial score (nSPS) is 19.3. The van der Waals surface area contributed by atoms with Gasteiger partial charge in [-0.2, -0.15) is 0 Å². The molecular formula is C16H16F2N2O4. The fourth-order valence-electron chi connectivity index (χ4n) is 2.95. The van der Waals surface area contributed by atoms with E-state index in [0.717, 1.165) is 12.8 Å². The lowest BCUT2D eigenvalue weighted by Crippen LogP contribution is -2.44. The molecule has 0 saturated carbocycles. The topological polar surface area (TPSA) is 72.7 Å². The number of carbonyl (C=O) groups excluding carboxylic acids is 1. The maximum atomic E-state index is 13.5. The van der Waals surface area contributed by atoms with Gasteiger partial charge in [0.05, 0.1) is 10.6 Å². The minimum Gasteiger partial charge on any atom is -0.477 e. The lowest BCUT2D eigenvalue weighted by Gasteiger charge is -2.37. The van der Waals surface area contributed by atoms with Gasteiger partial charge in [0.2, 0.25) is 5.91 Å². The van der Waals surface area contributed by atoms with E-state index in [1.165, 1.54) is 29.2 Å². The molecule has 3 rings (SSSR count). The first kappa shape index (κ1) is 16.4. The second-order valence-electron chi connectivity index (χ2n) is 5.90. The Morgan fingerprint density at radius 3 is 2.67 bits per heavy atom. The maximum Gasteiger partial charge on any atom is 0.270 e. The highest BCUT2D eigenvalue weighted by atomic mass is 19.1. The number of piperidine rings is 1. The zero-order valence-electron chi connectivity index (χ0n) is 12.8. The first-order valence-corrected chi connectivity index (χ1v) is 7.63. The van der Waals surface area contributed by atoms with Crippen LogP contribution in [0.25, 0.3) is 5.70 Å². The predicted molar refractivity (Wildman–Crippen MR) is 81.9 cm³/mol. The summed E-state index contributed by atoms with van der Waals surface area (Å²) in [5, 5.41) is 11.0. The lowest BCUT2D eigenvalue weighted by atomic mass is 9.95. The maximum absolute atomic E-state index is 13.5. The van der Waals surface area contributed by atoms with Crippen molar-refractivity contribution in [1.29, 1.82) is 0 Å². The molecule has 0 unspecified atom stereocenters. The first-order valence-electron chi connectivity index (χ1n) is 7.63. The Balaban J connectivity index is 2.14. The number of ether oxygens (including phenoxy) is 1. The number of likely N-dealkylation sites (tertiary alicyclic amines) is 1.